The smallest absolute Gasteiger partial charge is 0.269 e. The molecule has 1 aromatic carbocycles. The van der Waals surface area contributed by atoms with Crippen molar-refractivity contribution >= 4 is 17.5 Å². The first-order valence-electron chi connectivity index (χ1n) is 9.09. The van der Waals surface area contributed by atoms with Crippen molar-refractivity contribution in [1.29, 1.82) is 0 Å². The van der Waals surface area contributed by atoms with Gasteiger partial charge in [0.1, 0.15) is 11.5 Å². The molecule has 0 unspecified atom stereocenters. The monoisotopic (exact) mass is 373 g/mol. The van der Waals surface area contributed by atoms with E-state index in [9.17, 15) is 14.0 Å². The Bertz CT molecular complexity index is 810. The third kappa shape index (κ3) is 4.45. The highest BCUT2D eigenvalue weighted by Gasteiger charge is 2.22. The molecule has 0 radical (unpaired) electrons. The summed E-state index contributed by atoms with van der Waals surface area (Å²) in [7, 11) is 0. The van der Waals surface area contributed by atoms with Crippen LogP contribution in [0.3, 0.4) is 0 Å². The zero-order chi connectivity index (χ0) is 19.4. The molecule has 7 nitrogen and oxygen atoms in total. The molecule has 1 N–H and O–H groups in total. The Morgan fingerprint density at radius 3 is 2.44 bits per heavy atom. The molecule has 0 bridgehead atoms. The highest BCUT2D eigenvalue weighted by atomic mass is 19.1. The van der Waals surface area contributed by atoms with Crippen LogP contribution in [-0.2, 0) is 11.3 Å². The number of hydrogen-bond acceptors (Lipinski definition) is 4. The second kappa shape index (κ2) is 8.20. The van der Waals surface area contributed by atoms with Gasteiger partial charge >= 0.3 is 0 Å². The van der Waals surface area contributed by atoms with E-state index in [4.69, 9.17) is 0 Å². The number of amides is 2. The number of carbonyl (C=O) groups is 2. The van der Waals surface area contributed by atoms with Crippen molar-refractivity contribution < 1.29 is 14.0 Å². The van der Waals surface area contributed by atoms with E-state index >= 15 is 0 Å². The number of aryl methyl sites for hydroxylation is 2. The van der Waals surface area contributed by atoms with E-state index in [2.05, 4.69) is 15.3 Å². The van der Waals surface area contributed by atoms with Crippen molar-refractivity contribution in [3.63, 3.8) is 0 Å². The third-order valence-corrected chi connectivity index (χ3v) is 4.66. The van der Waals surface area contributed by atoms with Crippen molar-refractivity contribution in [2.45, 2.75) is 20.4 Å². The summed E-state index contributed by atoms with van der Waals surface area (Å²) in [5.41, 5.74) is 2.18. The van der Waals surface area contributed by atoms with Gasteiger partial charge in [-0.1, -0.05) is 0 Å². The molecule has 0 spiro atoms. The lowest BCUT2D eigenvalue weighted by Crippen LogP contribution is -2.51. The Hall–Kier alpha value is -2.90. The molecule has 1 aliphatic rings. The molecule has 27 heavy (non-hydrogen) atoms. The first-order chi connectivity index (χ1) is 13.0. The van der Waals surface area contributed by atoms with Gasteiger partial charge in [0.2, 0.25) is 5.91 Å². The van der Waals surface area contributed by atoms with Crippen LogP contribution in [0.2, 0.25) is 0 Å². The van der Waals surface area contributed by atoms with Gasteiger partial charge in [0.05, 0.1) is 12.2 Å². The van der Waals surface area contributed by atoms with E-state index in [-0.39, 0.29) is 24.2 Å². The zero-order valence-corrected chi connectivity index (χ0v) is 15.6. The topological polar surface area (TPSA) is 70.5 Å². The molecule has 8 heteroatoms. The van der Waals surface area contributed by atoms with Gasteiger partial charge in [-0.2, -0.15) is 5.10 Å². The van der Waals surface area contributed by atoms with E-state index in [1.54, 1.807) is 27.8 Å². The Morgan fingerprint density at radius 2 is 1.81 bits per heavy atom. The summed E-state index contributed by atoms with van der Waals surface area (Å²) < 4.78 is 14.7. The van der Waals surface area contributed by atoms with Crippen LogP contribution >= 0.6 is 0 Å². The van der Waals surface area contributed by atoms with Crippen molar-refractivity contribution in [2.75, 3.05) is 37.6 Å². The summed E-state index contributed by atoms with van der Waals surface area (Å²) in [6.45, 7) is 6.78. The second-order valence-electron chi connectivity index (χ2n) is 6.51. The summed E-state index contributed by atoms with van der Waals surface area (Å²) in [5, 5.41) is 6.93. The van der Waals surface area contributed by atoms with Gasteiger partial charge in [0.15, 0.2) is 0 Å². The highest BCUT2D eigenvalue weighted by Crippen LogP contribution is 2.16. The molecule has 3 rings (SSSR count). The molecule has 2 amide bonds. The minimum Gasteiger partial charge on any atom is -0.368 e. The molecule has 144 valence electrons. The van der Waals surface area contributed by atoms with E-state index in [1.807, 2.05) is 13.8 Å². The SMILES string of the molecule is CCn1nc(C)cc1C(=O)NCC(=O)N1CCN(c2ccc(F)cc2)CC1. The fourth-order valence-electron chi connectivity index (χ4n) is 3.19. The lowest BCUT2D eigenvalue weighted by molar-refractivity contribution is -0.130. The fourth-order valence-corrected chi connectivity index (χ4v) is 3.19. The first kappa shape index (κ1) is 18.9. The van der Waals surface area contributed by atoms with Crippen molar-refractivity contribution in [2.24, 2.45) is 0 Å². The molecular weight excluding hydrogens is 349 g/mol. The van der Waals surface area contributed by atoms with Crippen LogP contribution in [0, 0.1) is 12.7 Å². The van der Waals surface area contributed by atoms with Crippen LogP contribution in [-0.4, -0.2) is 59.2 Å². The first-order valence-corrected chi connectivity index (χ1v) is 9.09. The molecule has 2 heterocycles. The van der Waals surface area contributed by atoms with Crippen LogP contribution < -0.4 is 10.2 Å². The van der Waals surface area contributed by atoms with Gasteiger partial charge < -0.3 is 15.1 Å². The van der Waals surface area contributed by atoms with Crippen molar-refractivity contribution in [1.82, 2.24) is 20.0 Å². The number of rotatable bonds is 5. The van der Waals surface area contributed by atoms with Crippen molar-refractivity contribution in [3.05, 3.63) is 47.5 Å². The van der Waals surface area contributed by atoms with E-state index in [0.717, 1.165) is 11.4 Å². The maximum absolute atomic E-state index is 13.0. The standard InChI is InChI=1S/C19H24FN5O2/c1-3-25-17(12-14(2)22-25)19(27)21-13-18(26)24-10-8-23(9-11-24)16-6-4-15(20)5-7-16/h4-7,12H,3,8-11,13H2,1-2H3,(H,21,27). The Kier molecular flexibility index (Phi) is 5.73. The molecule has 0 atom stereocenters. The lowest BCUT2D eigenvalue weighted by atomic mass is 10.2. The van der Waals surface area contributed by atoms with E-state index in [0.29, 0.717) is 38.4 Å². The Balaban J connectivity index is 1.49. The van der Waals surface area contributed by atoms with Gasteiger partial charge in [0.25, 0.3) is 5.91 Å². The van der Waals surface area contributed by atoms with Crippen LogP contribution in [0.4, 0.5) is 10.1 Å². The van der Waals surface area contributed by atoms with Crippen LogP contribution in [0.25, 0.3) is 0 Å². The van der Waals surface area contributed by atoms with Gasteiger partial charge in [-0.25, -0.2) is 4.39 Å². The maximum atomic E-state index is 13.0. The normalized spacial score (nSPS) is 14.3. The Morgan fingerprint density at radius 1 is 1.15 bits per heavy atom. The number of carbonyl (C=O) groups excluding carboxylic acids is 2. The van der Waals surface area contributed by atoms with Crippen LogP contribution in [0.5, 0.6) is 0 Å². The van der Waals surface area contributed by atoms with Gasteiger partial charge in [-0.15, -0.1) is 0 Å². The Labute approximate surface area is 157 Å². The zero-order valence-electron chi connectivity index (χ0n) is 15.6. The summed E-state index contributed by atoms with van der Waals surface area (Å²) in [6, 6.07) is 8.07. The van der Waals surface area contributed by atoms with Gasteiger partial charge in [-0.05, 0) is 44.2 Å². The number of piperazine rings is 1. The molecular formula is C19H24FN5O2. The summed E-state index contributed by atoms with van der Waals surface area (Å²) in [5.74, 6) is -0.667. The molecule has 1 fully saturated rings. The summed E-state index contributed by atoms with van der Waals surface area (Å²) in [4.78, 5) is 28.6. The second-order valence-corrected chi connectivity index (χ2v) is 6.51. The number of nitrogens with zero attached hydrogens (tertiary/aromatic N) is 4. The molecule has 1 aromatic heterocycles. The number of hydrogen-bond donors (Lipinski definition) is 1. The minimum absolute atomic E-state index is 0.0384. The molecule has 0 saturated carbocycles. The largest absolute Gasteiger partial charge is 0.368 e. The lowest BCUT2D eigenvalue weighted by Gasteiger charge is -2.36. The molecule has 0 aliphatic carbocycles. The van der Waals surface area contributed by atoms with Crippen LogP contribution in [0.15, 0.2) is 30.3 Å². The average molecular weight is 373 g/mol. The van der Waals surface area contributed by atoms with E-state index in [1.165, 1.54) is 12.1 Å². The third-order valence-electron chi connectivity index (χ3n) is 4.66. The highest BCUT2D eigenvalue weighted by molar-refractivity contribution is 5.95. The van der Waals surface area contributed by atoms with Gasteiger partial charge in [0, 0.05) is 38.4 Å². The quantitative estimate of drug-likeness (QED) is 0.861. The van der Waals surface area contributed by atoms with Gasteiger partial charge in [-0.3, -0.25) is 14.3 Å². The summed E-state index contributed by atoms with van der Waals surface area (Å²) in [6.07, 6.45) is 0. The number of aromatic nitrogens is 2. The van der Waals surface area contributed by atoms with Crippen LogP contribution in [0.1, 0.15) is 23.1 Å². The maximum Gasteiger partial charge on any atom is 0.269 e. The van der Waals surface area contributed by atoms with E-state index < -0.39 is 0 Å². The average Bonchev–Trinajstić information content (AvgIpc) is 3.07. The minimum atomic E-state index is -0.296. The summed E-state index contributed by atoms with van der Waals surface area (Å²) >= 11 is 0. The fraction of sp³-hybridized carbons (Fsp3) is 0.421. The predicted octanol–water partition coefficient (Wildman–Crippen LogP) is 1.43. The number of nitrogens with one attached hydrogen (secondary N) is 1. The number of anilines is 1. The molecule has 1 aliphatic heterocycles. The number of benzene rings is 1. The predicted molar refractivity (Wildman–Crippen MR) is 100 cm³/mol. The van der Waals surface area contributed by atoms with Crippen molar-refractivity contribution in [3.8, 4) is 0 Å². The number of halogens is 1. The molecule has 2 aromatic rings. The molecule has 1 saturated heterocycles.